The summed E-state index contributed by atoms with van der Waals surface area (Å²) < 4.78 is 63.2. The van der Waals surface area contributed by atoms with Gasteiger partial charge in [-0.05, 0) is 25.1 Å². The molecular formula is C13H15F3N2O3S. The molecule has 1 aromatic rings. The Morgan fingerprint density at radius 1 is 1.32 bits per heavy atom. The van der Waals surface area contributed by atoms with E-state index in [9.17, 15) is 26.4 Å². The fraction of sp³-hybridized carbons (Fsp3) is 0.462. The van der Waals surface area contributed by atoms with Crippen molar-refractivity contribution in [1.29, 1.82) is 0 Å². The van der Waals surface area contributed by atoms with Crippen molar-refractivity contribution in [2.45, 2.75) is 24.6 Å². The predicted molar refractivity (Wildman–Crippen MR) is 73.6 cm³/mol. The molecule has 2 N–H and O–H groups in total. The molecule has 0 bridgehead atoms. The monoisotopic (exact) mass is 336 g/mol. The Bertz CT molecular complexity index is 673. The molecule has 0 spiro atoms. The molecule has 0 saturated heterocycles. The van der Waals surface area contributed by atoms with Crippen LogP contribution in [0.3, 0.4) is 0 Å². The standard InChI is InChI=1S/C13H15F3N2O3S/c1-17-22(20,21)7-12(19)18-11-6-9(11)8-4-2-3-5-10(8)13(14,15)16/h2-5,9,11,17H,6-7H2,1H3,(H,18,19)/t9-,11+/m0/s1. The second kappa shape index (κ2) is 5.88. The van der Waals surface area contributed by atoms with Gasteiger partial charge in [0.1, 0.15) is 5.75 Å². The normalized spacial score (nSPS) is 21.5. The number of sulfonamides is 1. The molecule has 0 aliphatic heterocycles. The first-order chi connectivity index (χ1) is 10.1. The number of carbonyl (C=O) groups excluding carboxylic acids is 1. The van der Waals surface area contributed by atoms with Gasteiger partial charge in [0, 0.05) is 12.0 Å². The molecule has 0 aromatic heterocycles. The van der Waals surface area contributed by atoms with Gasteiger partial charge in [-0.25, -0.2) is 13.1 Å². The summed E-state index contributed by atoms with van der Waals surface area (Å²) in [6.45, 7) is 0. The minimum absolute atomic E-state index is 0.122. The minimum atomic E-state index is -4.46. The van der Waals surface area contributed by atoms with Crippen molar-refractivity contribution in [1.82, 2.24) is 10.0 Å². The van der Waals surface area contributed by atoms with E-state index in [1.54, 1.807) is 0 Å². The van der Waals surface area contributed by atoms with Crippen molar-refractivity contribution < 1.29 is 26.4 Å². The average Bonchev–Trinajstić information content (AvgIpc) is 3.16. The Labute approximate surface area is 125 Å². The number of rotatable bonds is 5. The van der Waals surface area contributed by atoms with Crippen molar-refractivity contribution in [3.05, 3.63) is 35.4 Å². The molecule has 1 aromatic carbocycles. The lowest BCUT2D eigenvalue weighted by Gasteiger charge is -2.12. The van der Waals surface area contributed by atoms with Crippen molar-refractivity contribution >= 4 is 15.9 Å². The zero-order valence-electron chi connectivity index (χ0n) is 11.6. The van der Waals surface area contributed by atoms with E-state index < -0.39 is 45.4 Å². The van der Waals surface area contributed by atoms with Crippen molar-refractivity contribution in [3.8, 4) is 0 Å². The first-order valence-corrected chi connectivity index (χ1v) is 8.16. The van der Waals surface area contributed by atoms with Crippen LogP contribution in [0.2, 0.25) is 0 Å². The average molecular weight is 336 g/mol. The number of hydrogen-bond donors (Lipinski definition) is 2. The summed E-state index contributed by atoms with van der Waals surface area (Å²) in [6, 6.07) is 4.72. The molecule has 1 amide bonds. The molecule has 2 atom stereocenters. The van der Waals surface area contributed by atoms with Crippen LogP contribution in [-0.4, -0.2) is 33.2 Å². The highest BCUT2D eigenvalue weighted by Gasteiger charge is 2.45. The van der Waals surface area contributed by atoms with Crippen molar-refractivity contribution in [2.75, 3.05) is 12.8 Å². The predicted octanol–water partition coefficient (Wildman–Crippen LogP) is 1.23. The highest BCUT2D eigenvalue weighted by atomic mass is 32.2. The van der Waals surface area contributed by atoms with Gasteiger partial charge < -0.3 is 5.32 Å². The van der Waals surface area contributed by atoms with Crippen LogP contribution < -0.4 is 10.0 Å². The van der Waals surface area contributed by atoms with E-state index in [4.69, 9.17) is 0 Å². The summed E-state index contributed by atoms with van der Waals surface area (Å²) in [5.74, 6) is -1.92. The molecule has 1 saturated carbocycles. The highest BCUT2D eigenvalue weighted by molar-refractivity contribution is 7.90. The Kier molecular flexibility index (Phi) is 4.48. The number of amides is 1. The third-order valence-corrected chi connectivity index (χ3v) is 4.70. The van der Waals surface area contributed by atoms with E-state index in [2.05, 4.69) is 5.32 Å². The maximum atomic E-state index is 12.9. The molecule has 1 aliphatic carbocycles. The Morgan fingerprint density at radius 3 is 2.55 bits per heavy atom. The highest BCUT2D eigenvalue weighted by Crippen LogP contribution is 2.46. The lowest BCUT2D eigenvalue weighted by molar-refractivity contribution is -0.138. The molecule has 2 rings (SSSR count). The molecule has 0 heterocycles. The van der Waals surface area contributed by atoms with Gasteiger partial charge in [-0.1, -0.05) is 18.2 Å². The molecule has 1 fully saturated rings. The quantitative estimate of drug-likeness (QED) is 0.849. The van der Waals surface area contributed by atoms with E-state index in [0.29, 0.717) is 6.42 Å². The molecule has 1 aliphatic rings. The number of hydrogen-bond acceptors (Lipinski definition) is 3. The van der Waals surface area contributed by atoms with Gasteiger partial charge in [-0.3, -0.25) is 4.79 Å². The third kappa shape index (κ3) is 3.98. The van der Waals surface area contributed by atoms with Crippen molar-refractivity contribution in [3.63, 3.8) is 0 Å². The minimum Gasteiger partial charge on any atom is -0.352 e. The molecule has 0 radical (unpaired) electrons. The van der Waals surface area contributed by atoms with Gasteiger partial charge in [0.05, 0.1) is 5.56 Å². The van der Waals surface area contributed by atoms with E-state index in [1.807, 2.05) is 4.72 Å². The molecule has 22 heavy (non-hydrogen) atoms. The fourth-order valence-electron chi connectivity index (χ4n) is 2.27. The second-order valence-electron chi connectivity index (χ2n) is 5.06. The van der Waals surface area contributed by atoms with Crippen LogP contribution >= 0.6 is 0 Å². The summed E-state index contributed by atoms with van der Waals surface area (Å²) in [4.78, 5) is 11.6. The summed E-state index contributed by atoms with van der Waals surface area (Å²) in [5.41, 5.74) is -0.601. The van der Waals surface area contributed by atoms with E-state index in [0.717, 1.165) is 6.07 Å². The van der Waals surface area contributed by atoms with Crippen molar-refractivity contribution in [2.24, 2.45) is 0 Å². The third-order valence-electron chi connectivity index (χ3n) is 3.43. The van der Waals surface area contributed by atoms with Crippen LogP contribution in [0.4, 0.5) is 13.2 Å². The van der Waals surface area contributed by atoms with Gasteiger partial charge in [0.15, 0.2) is 0 Å². The van der Waals surface area contributed by atoms with Crippen LogP contribution in [0.25, 0.3) is 0 Å². The SMILES string of the molecule is CNS(=O)(=O)CC(=O)N[C@@H]1C[C@H]1c1ccccc1C(F)(F)F. The molecule has 122 valence electrons. The van der Waals surface area contributed by atoms with E-state index in [-0.39, 0.29) is 5.56 Å². The lowest BCUT2D eigenvalue weighted by atomic mass is 10.0. The molecule has 9 heteroatoms. The Balaban J connectivity index is 2.04. The second-order valence-corrected chi connectivity index (χ2v) is 6.99. The fourth-order valence-corrected chi connectivity index (χ4v) is 2.84. The van der Waals surface area contributed by atoms with Crippen LogP contribution in [0.1, 0.15) is 23.5 Å². The van der Waals surface area contributed by atoms with Gasteiger partial charge in [0.25, 0.3) is 0 Å². The maximum Gasteiger partial charge on any atom is 0.416 e. The van der Waals surface area contributed by atoms with E-state index >= 15 is 0 Å². The molecular weight excluding hydrogens is 321 g/mol. The molecule has 5 nitrogen and oxygen atoms in total. The number of carbonyl (C=O) groups is 1. The first kappa shape index (κ1) is 16.8. The lowest BCUT2D eigenvalue weighted by Crippen LogP contribution is -2.36. The summed E-state index contributed by atoms with van der Waals surface area (Å²) in [6.07, 6.45) is -4.10. The molecule has 0 unspecified atom stereocenters. The number of halogens is 3. The van der Waals surface area contributed by atoms with Gasteiger partial charge in [-0.2, -0.15) is 13.2 Å². The zero-order valence-corrected chi connectivity index (χ0v) is 12.5. The van der Waals surface area contributed by atoms with Crippen LogP contribution in [0.5, 0.6) is 0 Å². The van der Waals surface area contributed by atoms with Crippen LogP contribution in [0.15, 0.2) is 24.3 Å². The Morgan fingerprint density at radius 2 is 1.95 bits per heavy atom. The van der Waals surface area contributed by atoms with Crippen LogP contribution in [0, 0.1) is 0 Å². The Hall–Kier alpha value is -1.61. The van der Waals surface area contributed by atoms with Gasteiger partial charge in [0.2, 0.25) is 15.9 Å². The van der Waals surface area contributed by atoms with E-state index in [1.165, 1.54) is 25.2 Å². The smallest absolute Gasteiger partial charge is 0.352 e. The summed E-state index contributed by atoms with van der Waals surface area (Å²) >= 11 is 0. The van der Waals surface area contributed by atoms with Crippen LogP contribution in [-0.2, 0) is 21.0 Å². The number of benzene rings is 1. The topological polar surface area (TPSA) is 75.3 Å². The maximum absolute atomic E-state index is 12.9. The largest absolute Gasteiger partial charge is 0.416 e. The number of nitrogens with one attached hydrogen (secondary N) is 2. The summed E-state index contributed by atoms with van der Waals surface area (Å²) in [5, 5.41) is 2.45. The summed E-state index contributed by atoms with van der Waals surface area (Å²) in [7, 11) is -2.51. The first-order valence-electron chi connectivity index (χ1n) is 6.51. The van der Waals surface area contributed by atoms with Gasteiger partial charge in [-0.15, -0.1) is 0 Å². The number of alkyl halides is 3. The van der Waals surface area contributed by atoms with Gasteiger partial charge >= 0.3 is 6.18 Å². The zero-order chi connectivity index (χ0) is 16.5.